The first-order valence-corrected chi connectivity index (χ1v) is 12.3. The number of anilines is 1. The van der Waals surface area contributed by atoms with Gasteiger partial charge >= 0.3 is 0 Å². The van der Waals surface area contributed by atoms with Crippen molar-refractivity contribution in [3.8, 4) is 0 Å². The molecule has 4 rings (SSSR count). The zero-order valence-corrected chi connectivity index (χ0v) is 18.2. The Balaban J connectivity index is 1.77. The first-order chi connectivity index (χ1) is 14.3. The highest BCUT2D eigenvalue weighted by molar-refractivity contribution is 7.90. The summed E-state index contributed by atoms with van der Waals surface area (Å²) >= 11 is 0. The highest BCUT2D eigenvalue weighted by atomic mass is 32.2. The molecule has 8 nitrogen and oxygen atoms in total. The molecule has 1 aliphatic rings. The number of imidazole rings is 1. The van der Waals surface area contributed by atoms with E-state index in [4.69, 9.17) is 20.2 Å². The Morgan fingerprint density at radius 1 is 1.23 bits per heavy atom. The Bertz CT molecular complexity index is 1170. The monoisotopic (exact) mass is 432 g/mol. The number of sulfone groups is 1. The molecule has 0 unspecified atom stereocenters. The van der Waals surface area contributed by atoms with Gasteiger partial charge in [0.2, 0.25) is 0 Å². The van der Waals surface area contributed by atoms with Gasteiger partial charge in [0, 0.05) is 18.2 Å². The maximum atomic E-state index is 11.5. The Labute approximate surface area is 176 Å². The Morgan fingerprint density at radius 3 is 2.67 bits per heavy atom. The third-order valence-corrected chi connectivity index (χ3v) is 6.61. The molecule has 1 aromatic carbocycles. The highest BCUT2D eigenvalue weighted by Gasteiger charge is 2.40. The smallest absolute Gasteiger partial charge is 0.152 e. The number of aromatic nitrogens is 3. The number of nitrogens with zero attached hydrogens (tertiary/aromatic N) is 3. The number of benzene rings is 1. The van der Waals surface area contributed by atoms with Crippen molar-refractivity contribution in [1.29, 1.82) is 0 Å². The topological polar surface area (TPSA) is 109 Å². The number of rotatable bonds is 9. The number of hydrogen-bond acceptors (Lipinski definition) is 7. The summed E-state index contributed by atoms with van der Waals surface area (Å²) < 4.78 is 37.0. The van der Waals surface area contributed by atoms with Crippen LogP contribution in [-0.4, -0.2) is 53.8 Å². The number of nitrogen functional groups attached to an aromatic ring is 1. The van der Waals surface area contributed by atoms with Crippen molar-refractivity contribution >= 4 is 37.6 Å². The predicted octanol–water partition coefficient (Wildman–Crippen LogP) is 2.69. The van der Waals surface area contributed by atoms with Crippen molar-refractivity contribution in [2.45, 2.75) is 44.9 Å². The number of fused-ring (bicyclic) bond motifs is 3. The maximum absolute atomic E-state index is 11.5. The van der Waals surface area contributed by atoms with Crippen LogP contribution in [0.5, 0.6) is 0 Å². The Morgan fingerprint density at radius 2 is 2.00 bits per heavy atom. The van der Waals surface area contributed by atoms with E-state index in [2.05, 4.69) is 9.55 Å². The van der Waals surface area contributed by atoms with E-state index in [-0.39, 0.29) is 12.4 Å². The van der Waals surface area contributed by atoms with Crippen LogP contribution in [0.1, 0.15) is 32.0 Å². The third-order valence-electron chi connectivity index (χ3n) is 5.70. The van der Waals surface area contributed by atoms with Gasteiger partial charge in [-0.1, -0.05) is 18.2 Å². The molecule has 2 heterocycles. The normalized spacial score (nSPS) is 16.2. The van der Waals surface area contributed by atoms with Crippen LogP contribution in [-0.2, 0) is 32.5 Å². The molecule has 0 atom stereocenters. The molecule has 1 aliphatic carbocycles. The standard InChI is InChI=1S/C21H28N4O4S/c1-3-28-13-17-24-18-19(15-7-4-5-8-16(15)23-20(18)22)25(17)14-21(9-6-10-21)29-11-12-30(2,26)27/h4-5,7-8H,3,6,9-14H2,1-2H3,(H2,22,23). The average molecular weight is 433 g/mol. The second kappa shape index (κ2) is 8.13. The van der Waals surface area contributed by atoms with Crippen molar-refractivity contribution in [3.05, 3.63) is 30.1 Å². The molecule has 162 valence electrons. The molecule has 0 bridgehead atoms. The Hall–Kier alpha value is -2.23. The van der Waals surface area contributed by atoms with Gasteiger partial charge in [-0.25, -0.2) is 18.4 Å². The molecule has 2 aromatic heterocycles. The van der Waals surface area contributed by atoms with Gasteiger partial charge in [0.05, 0.1) is 35.5 Å². The van der Waals surface area contributed by atoms with Crippen LogP contribution in [0.15, 0.2) is 24.3 Å². The molecule has 0 radical (unpaired) electrons. The van der Waals surface area contributed by atoms with E-state index in [9.17, 15) is 8.42 Å². The fourth-order valence-corrected chi connectivity index (χ4v) is 4.38. The van der Waals surface area contributed by atoms with E-state index in [1.165, 1.54) is 6.26 Å². The largest absolute Gasteiger partial charge is 0.382 e. The van der Waals surface area contributed by atoms with Crippen molar-refractivity contribution in [3.63, 3.8) is 0 Å². The lowest BCUT2D eigenvalue weighted by Crippen LogP contribution is -2.45. The minimum atomic E-state index is -3.07. The molecule has 0 amide bonds. The van der Waals surface area contributed by atoms with Crippen molar-refractivity contribution < 1.29 is 17.9 Å². The fourth-order valence-electron chi connectivity index (χ4n) is 4.00. The van der Waals surface area contributed by atoms with Gasteiger partial charge in [-0.05, 0) is 32.3 Å². The summed E-state index contributed by atoms with van der Waals surface area (Å²) in [4.78, 5) is 9.27. The van der Waals surface area contributed by atoms with Crippen LogP contribution < -0.4 is 5.73 Å². The molecule has 1 saturated carbocycles. The summed E-state index contributed by atoms with van der Waals surface area (Å²) in [5, 5.41) is 0.975. The van der Waals surface area contributed by atoms with E-state index in [1.807, 2.05) is 31.2 Å². The van der Waals surface area contributed by atoms with Gasteiger partial charge in [0.25, 0.3) is 0 Å². The number of nitrogens with two attached hydrogens (primary N) is 1. The highest BCUT2D eigenvalue weighted by Crippen LogP contribution is 2.39. The second-order valence-electron chi connectivity index (χ2n) is 7.98. The minimum absolute atomic E-state index is 0.0189. The molecule has 0 spiro atoms. The number of para-hydroxylation sites is 1. The minimum Gasteiger partial charge on any atom is -0.382 e. The lowest BCUT2D eigenvalue weighted by molar-refractivity contribution is -0.105. The van der Waals surface area contributed by atoms with Crippen LogP contribution in [0, 0.1) is 0 Å². The molecule has 1 fully saturated rings. The van der Waals surface area contributed by atoms with Gasteiger partial charge in [-0.3, -0.25) is 0 Å². The van der Waals surface area contributed by atoms with Gasteiger partial charge in [-0.2, -0.15) is 0 Å². The molecule has 9 heteroatoms. The zero-order valence-electron chi connectivity index (χ0n) is 17.4. The molecular formula is C21H28N4O4S. The summed E-state index contributed by atoms with van der Waals surface area (Å²) in [5.41, 5.74) is 8.24. The first kappa shape index (κ1) is 21.0. The summed E-state index contributed by atoms with van der Waals surface area (Å²) in [6.07, 6.45) is 4.04. The van der Waals surface area contributed by atoms with Crippen LogP contribution in [0.4, 0.5) is 5.82 Å². The number of hydrogen-bond donors (Lipinski definition) is 1. The number of pyridine rings is 1. The fraction of sp³-hybridized carbons (Fsp3) is 0.524. The van der Waals surface area contributed by atoms with Crippen molar-refractivity contribution in [2.75, 3.05) is 31.0 Å². The quantitative estimate of drug-likeness (QED) is 0.553. The van der Waals surface area contributed by atoms with Crippen LogP contribution >= 0.6 is 0 Å². The van der Waals surface area contributed by atoms with E-state index < -0.39 is 15.4 Å². The summed E-state index contributed by atoms with van der Waals surface area (Å²) in [5.74, 6) is 1.18. The van der Waals surface area contributed by atoms with E-state index >= 15 is 0 Å². The molecule has 2 N–H and O–H groups in total. The van der Waals surface area contributed by atoms with Gasteiger partial charge in [-0.15, -0.1) is 0 Å². The predicted molar refractivity (Wildman–Crippen MR) is 117 cm³/mol. The zero-order chi connectivity index (χ0) is 21.4. The van der Waals surface area contributed by atoms with Gasteiger partial charge < -0.3 is 19.8 Å². The molecule has 30 heavy (non-hydrogen) atoms. The molecule has 3 aromatic rings. The van der Waals surface area contributed by atoms with Crippen LogP contribution in [0.3, 0.4) is 0 Å². The molecular weight excluding hydrogens is 404 g/mol. The van der Waals surface area contributed by atoms with Gasteiger partial charge in [0.1, 0.15) is 27.8 Å². The Kier molecular flexibility index (Phi) is 5.69. The summed E-state index contributed by atoms with van der Waals surface area (Å²) in [6, 6.07) is 7.86. The molecule has 0 aliphatic heterocycles. The summed E-state index contributed by atoms with van der Waals surface area (Å²) in [7, 11) is -3.07. The maximum Gasteiger partial charge on any atom is 0.152 e. The first-order valence-electron chi connectivity index (χ1n) is 10.2. The van der Waals surface area contributed by atoms with Crippen molar-refractivity contribution in [2.24, 2.45) is 0 Å². The number of ether oxygens (including phenoxy) is 2. The van der Waals surface area contributed by atoms with Crippen molar-refractivity contribution in [1.82, 2.24) is 14.5 Å². The lowest BCUT2D eigenvalue weighted by atomic mass is 9.79. The SMILES string of the molecule is CCOCc1nc2c(N)nc3ccccc3c2n1CC1(OCCS(C)(=O)=O)CCC1. The lowest BCUT2D eigenvalue weighted by Gasteiger charge is -2.42. The van der Waals surface area contributed by atoms with E-state index in [0.29, 0.717) is 31.1 Å². The van der Waals surface area contributed by atoms with Crippen LogP contribution in [0.25, 0.3) is 21.9 Å². The molecule has 0 saturated heterocycles. The average Bonchev–Trinajstić information content (AvgIpc) is 3.02. The van der Waals surface area contributed by atoms with Crippen LogP contribution in [0.2, 0.25) is 0 Å². The second-order valence-corrected chi connectivity index (χ2v) is 10.2. The van der Waals surface area contributed by atoms with Gasteiger partial charge in [0.15, 0.2) is 5.82 Å². The van der Waals surface area contributed by atoms with E-state index in [0.717, 1.165) is 41.5 Å². The third kappa shape index (κ3) is 4.14. The summed E-state index contributed by atoms with van der Waals surface area (Å²) in [6.45, 7) is 3.64. The van der Waals surface area contributed by atoms with E-state index in [1.54, 1.807) is 0 Å².